The van der Waals surface area contributed by atoms with Crippen molar-refractivity contribution in [3.8, 4) is 5.75 Å². The number of nitro benzene ring substituents is 1. The highest BCUT2D eigenvalue weighted by Gasteiger charge is 2.10. The molecule has 0 fully saturated rings. The van der Waals surface area contributed by atoms with Crippen LogP contribution in [0.15, 0.2) is 18.2 Å². The molecule has 0 N–H and O–H groups in total. The molecular weight excluding hydrogens is 389 g/mol. The van der Waals surface area contributed by atoms with Crippen LogP contribution in [0.2, 0.25) is 0 Å². The molecule has 0 aliphatic heterocycles. The highest BCUT2D eigenvalue weighted by Crippen LogP contribution is 2.26. The van der Waals surface area contributed by atoms with Crippen LogP contribution >= 0.6 is 22.6 Å². The van der Waals surface area contributed by atoms with E-state index in [2.05, 4.69) is 22.6 Å². The molecule has 0 unspecified atom stereocenters. The van der Waals surface area contributed by atoms with Gasteiger partial charge in [0.15, 0.2) is 0 Å². The molecule has 1 aromatic carbocycles. The van der Waals surface area contributed by atoms with E-state index in [1.54, 1.807) is 13.0 Å². The Kier molecular flexibility index (Phi) is 8.03. The lowest BCUT2D eigenvalue weighted by Gasteiger charge is -2.08. The van der Waals surface area contributed by atoms with Gasteiger partial charge in [-0.1, -0.05) is 0 Å². The molecular formula is C14H18INO5. The Morgan fingerprint density at radius 2 is 2.10 bits per heavy atom. The summed E-state index contributed by atoms with van der Waals surface area (Å²) in [5, 5.41) is 10.7. The second-order valence-electron chi connectivity index (χ2n) is 4.34. The summed E-state index contributed by atoms with van der Waals surface area (Å²) in [6, 6.07) is 4.54. The number of carbonyl (C=O) groups excluding carboxylic acids is 1. The zero-order valence-corrected chi connectivity index (χ0v) is 14.0. The molecule has 7 heteroatoms. The second kappa shape index (κ2) is 9.54. The van der Waals surface area contributed by atoms with Crippen LogP contribution in [0, 0.1) is 13.7 Å². The maximum atomic E-state index is 11.1. The van der Waals surface area contributed by atoms with E-state index in [9.17, 15) is 14.9 Å². The van der Waals surface area contributed by atoms with E-state index < -0.39 is 4.92 Å². The molecule has 0 radical (unpaired) electrons. The van der Waals surface area contributed by atoms with E-state index in [1.165, 1.54) is 12.1 Å². The Hall–Kier alpha value is -1.38. The Balaban J connectivity index is 2.28. The largest absolute Gasteiger partial charge is 0.492 e. The molecule has 0 aliphatic carbocycles. The van der Waals surface area contributed by atoms with Crippen molar-refractivity contribution < 1.29 is 19.2 Å². The fourth-order valence-electron chi connectivity index (χ4n) is 1.68. The van der Waals surface area contributed by atoms with Crippen molar-refractivity contribution in [3.63, 3.8) is 0 Å². The van der Waals surface area contributed by atoms with Crippen LogP contribution in [0.5, 0.6) is 5.75 Å². The third kappa shape index (κ3) is 6.74. The van der Waals surface area contributed by atoms with E-state index in [0.29, 0.717) is 25.4 Å². The van der Waals surface area contributed by atoms with Crippen molar-refractivity contribution in [2.45, 2.75) is 32.6 Å². The molecule has 0 aliphatic rings. The molecule has 0 saturated carbocycles. The molecule has 116 valence electrons. The lowest BCUT2D eigenvalue weighted by molar-refractivity contribution is -0.385. The summed E-state index contributed by atoms with van der Waals surface area (Å²) < 4.78 is 11.2. The second-order valence-corrected chi connectivity index (χ2v) is 5.50. The van der Waals surface area contributed by atoms with Crippen molar-refractivity contribution in [2.24, 2.45) is 0 Å². The third-order valence-corrected chi connectivity index (χ3v) is 3.60. The number of halogens is 1. The van der Waals surface area contributed by atoms with Crippen LogP contribution < -0.4 is 4.74 Å². The summed E-state index contributed by atoms with van der Waals surface area (Å²) >= 11 is 2.08. The van der Waals surface area contributed by atoms with Crippen molar-refractivity contribution in [3.05, 3.63) is 31.9 Å². The number of rotatable bonds is 9. The van der Waals surface area contributed by atoms with Gasteiger partial charge in [-0.25, -0.2) is 0 Å². The summed E-state index contributed by atoms with van der Waals surface area (Å²) in [6.45, 7) is 2.67. The van der Waals surface area contributed by atoms with E-state index in [1.807, 2.05) is 0 Å². The number of hydrogen-bond acceptors (Lipinski definition) is 5. The van der Waals surface area contributed by atoms with Gasteiger partial charge in [-0.3, -0.25) is 14.9 Å². The first-order valence-electron chi connectivity index (χ1n) is 6.77. The van der Waals surface area contributed by atoms with Crippen LogP contribution in [-0.2, 0) is 9.53 Å². The number of nitro groups is 1. The predicted octanol–water partition coefficient (Wildman–Crippen LogP) is 3.70. The number of ether oxygens (including phenoxy) is 2. The minimum absolute atomic E-state index is 0.0210. The van der Waals surface area contributed by atoms with Gasteiger partial charge >= 0.3 is 5.97 Å². The fourth-order valence-corrected chi connectivity index (χ4v) is 2.17. The van der Waals surface area contributed by atoms with Crippen LogP contribution in [0.3, 0.4) is 0 Å². The van der Waals surface area contributed by atoms with Gasteiger partial charge in [-0.05, 0) is 54.8 Å². The van der Waals surface area contributed by atoms with E-state index in [0.717, 1.165) is 22.8 Å². The standard InChI is InChI=1S/C14H18INO5/c1-2-20-14(17)6-4-3-5-9-21-13-10-11(16(18)19)7-8-12(13)15/h7-8,10H,2-6,9H2,1H3. The van der Waals surface area contributed by atoms with Gasteiger partial charge < -0.3 is 9.47 Å². The lowest BCUT2D eigenvalue weighted by Crippen LogP contribution is -2.04. The van der Waals surface area contributed by atoms with Crippen molar-refractivity contribution >= 4 is 34.2 Å². The van der Waals surface area contributed by atoms with Gasteiger partial charge in [-0.2, -0.15) is 0 Å². The summed E-state index contributed by atoms with van der Waals surface area (Å²) in [5.41, 5.74) is 0.0210. The number of hydrogen-bond donors (Lipinski definition) is 0. The molecule has 0 atom stereocenters. The first-order chi connectivity index (χ1) is 10.0. The van der Waals surface area contributed by atoms with Gasteiger partial charge in [-0.15, -0.1) is 0 Å². The normalized spacial score (nSPS) is 10.2. The number of non-ortho nitro benzene ring substituents is 1. The van der Waals surface area contributed by atoms with Crippen molar-refractivity contribution in [1.29, 1.82) is 0 Å². The molecule has 0 amide bonds. The van der Waals surface area contributed by atoms with Crippen molar-refractivity contribution in [1.82, 2.24) is 0 Å². The third-order valence-electron chi connectivity index (χ3n) is 2.71. The topological polar surface area (TPSA) is 78.7 Å². The summed E-state index contributed by atoms with van der Waals surface area (Å²) in [5.74, 6) is 0.349. The molecule has 1 rings (SSSR count). The highest BCUT2D eigenvalue weighted by molar-refractivity contribution is 14.1. The molecule has 0 aromatic heterocycles. The first-order valence-corrected chi connectivity index (χ1v) is 7.84. The lowest BCUT2D eigenvalue weighted by atomic mass is 10.2. The summed E-state index contributed by atoms with van der Waals surface area (Å²) in [6.07, 6.45) is 2.82. The SMILES string of the molecule is CCOC(=O)CCCCCOc1cc([N+](=O)[O-])ccc1I. The average molecular weight is 407 g/mol. The minimum atomic E-state index is -0.442. The van der Waals surface area contributed by atoms with Gasteiger partial charge in [0.1, 0.15) is 5.75 Å². The number of benzene rings is 1. The van der Waals surface area contributed by atoms with Gasteiger partial charge in [0.2, 0.25) is 0 Å². The molecule has 0 saturated heterocycles. The van der Waals surface area contributed by atoms with E-state index in [4.69, 9.17) is 9.47 Å². The number of unbranched alkanes of at least 4 members (excludes halogenated alkanes) is 2. The molecule has 21 heavy (non-hydrogen) atoms. The fraction of sp³-hybridized carbons (Fsp3) is 0.500. The monoisotopic (exact) mass is 407 g/mol. The Bertz CT molecular complexity index is 492. The predicted molar refractivity (Wildman–Crippen MR) is 86.4 cm³/mol. The molecule has 0 heterocycles. The zero-order valence-electron chi connectivity index (χ0n) is 11.8. The van der Waals surface area contributed by atoms with Crippen molar-refractivity contribution in [2.75, 3.05) is 13.2 Å². The molecule has 6 nitrogen and oxygen atoms in total. The van der Waals surface area contributed by atoms with Crippen LogP contribution in [0.25, 0.3) is 0 Å². The minimum Gasteiger partial charge on any atom is -0.492 e. The van der Waals surface area contributed by atoms with Crippen LogP contribution in [-0.4, -0.2) is 24.1 Å². The zero-order chi connectivity index (χ0) is 15.7. The van der Waals surface area contributed by atoms with Crippen LogP contribution in [0.1, 0.15) is 32.6 Å². The van der Waals surface area contributed by atoms with Gasteiger partial charge in [0, 0.05) is 12.5 Å². The number of nitrogens with zero attached hydrogens (tertiary/aromatic N) is 1. The highest BCUT2D eigenvalue weighted by atomic mass is 127. The summed E-state index contributed by atoms with van der Waals surface area (Å²) in [7, 11) is 0. The molecule has 0 bridgehead atoms. The maximum absolute atomic E-state index is 11.1. The Labute approximate surface area is 137 Å². The average Bonchev–Trinajstić information content (AvgIpc) is 2.44. The number of carbonyl (C=O) groups is 1. The Morgan fingerprint density at radius 1 is 1.33 bits per heavy atom. The van der Waals surface area contributed by atoms with Gasteiger partial charge in [0.05, 0.1) is 27.8 Å². The smallest absolute Gasteiger partial charge is 0.305 e. The maximum Gasteiger partial charge on any atom is 0.305 e. The first kappa shape index (κ1) is 17.7. The van der Waals surface area contributed by atoms with Crippen LogP contribution in [0.4, 0.5) is 5.69 Å². The molecule has 0 spiro atoms. The molecule has 1 aromatic rings. The Morgan fingerprint density at radius 3 is 2.76 bits per heavy atom. The summed E-state index contributed by atoms with van der Waals surface area (Å²) in [4.78, 5) is 21.4. The van der Waals surface area contributed by atoms with E-state index in [-0.39, 0.29) is 11.7 Å². The number of esters is 1. The van der Waals surface area contributed by atoms with E-state index >= 15 is 0 Å². The van der Waals surface area contributed by atoms with Gasteiger partial charge in [0.25, 0.3) is 5.69 Å². The quantitative estimate of drug-likeness (QED) is 0.205.